The van der Waals surface area contributed by atoms with Crippen LogP contribution in [0.1, 0.15) is 5.56 Å². The number of hydrogen-bond acceptors (Lipinski definition) is 3. The first-order valence-corrected chi connectivity index (χ1v) is 14.8. The van der Waals surface area contributed by atoms with Gasteiger partial charge < -0.3 is 4.57 Å². The summed E-state index contributed by atoms with van der Waals surface area (Å²) in [5.74, 6) is -1.19. The summed E-state index contributed by atoms with van der Waals surface area (Å²) in [6.07, 6.45) is 1.61. The molecule has 2 amide bonds. The van der Waals surface area contributed by atoms with Crippen LogP contribution in [-0.2, 0) is 9.59 Å². The maximum absolute atomic E-state index is 13.9. The van der Waals surface area contributed by atoms with E-state index in [2.05, 4.69) is 25.8 Å². The molecular formula is C33H20BrCl2N3O2S. The second kappa shape index (κ2) is 11.7. The molecule has 1 aliphatic heterocycles. The lowest BCUT2D eigenvalue weighted by Crippen LogP contribution is -2.54. The number of amides is 2. The van der Waals surface area contributed by atoms with Crippen LogP contribution in [0.2, 0.25) is 10.0 Å². The number of aromatic nitrogens is 1. The number of nitrogens with zero attached hydrogens (tertiary/aromatic N) is 2. The molecule has 0 unspecified atom stereocenters. The zero-order chi connectivity index (χ0) is 29.4. The molecule has 0 radical (unpaired) electrons. The predicted molar refractivity (Wildman–Crippen MR) is 177 cm³/mol. The minimum absolute atomic E-state index is 0.0629. The highest BCUT2D eigenvalue weighted by Gasteiger charge is 2.36. The van der Waals surface area contributed by atoms with E-state index < -0.39 is 11.8 Å². The van der Waals surface area contributed by atoms with Gasteiger partial charge in [0.2, 0.25) is 0 Å². The third-order valence-electron chi connectivity index (χ3n) is 6.78. The molecule has 0 aliphatic carbocycles. The van der Waals surface area contributed by atoms with Crippen molar-refractivity contribution in [2.75, 3.05) is 4.90 Å². The molecule has 5 nitrogen and oxygen atoms in total. The van der Waals surface area contributed by atoms with E-state index >= 15 is 0 Å². The molecule has 1 aromatic heterocycles. The number of hydrogen-bond donors (Lipinski definition) is 1. The molecule has 4 aromatic carbocycles. The molecule has 1 aliphatic rings. The lowest BCUT2D eigenvalue weighted by atomic mass is 10.0. The Kier molecular flexibility index (Phi) is 7.84. The van der Waals surface area contributed by atoms with Crippen LogP contribution >= 0.6 is 51.3 Å². The number of thiocarbonyl (C=S) groups is 1. The molecule has 1 N–H and O–H groups in total. The van der Waals surface area contributed by atoms with Gasteiger partial charge in [-0.05, 0) is 78.0 Å². The van der Waals surface area contributed by atoms with Crippen LogP contribution in [0.3, 0.4) is 0 Å². The van der Waals surface area contributed by atoms with Gasteiger partial charge in [-0.1, -0.05) is 99.8 Å². The van der Waals surface area contributed by atoms with Crippen molar-refractivity contribution in [1.82, 2.24) is 9.88 Å². The molecule has 0 atom stereocenters. The first-order valence-electron chi connectivity index (χ1n) is 12.8. The number of nitrogens with one attached hydrogen (secondary N) is 1. The largest absolute Gasteiger partial charge is 0.309 e. The maximum atomic E-state index is 13.9. The van der Waals surface area contributed by atoms with Gasteiger partial charge in [0.15, 0.2) is 5.11 Å². The monoisotopic (exact) mass is 671 g/mol. The van der Waals surface area contributed by atoms with Crippen LogP contribution in [0, 0.1) is 0 Å². The summed E-state index contributed by atoms with van der Waals surface area (Å²) >= 11 is 21.4. The SMILES string of the molecule is O=C1NC(=S)N(c2ccc(Cl)cc2Cl)C(=O)/C1=C\c1cc(-c2ccccc2)n(-c2ccc(Br)cc2)c1-c1ccccc1. The van der Waals surface area contributed by atoms with Gasteiger partial charge >= 0.3 is 0 Å². The highest BCUT2D eigenvalue weighted by atomic mass is 79.9. The van der Waals surface area contributed by atoms with E-state index in [1.165, 1.54) is 11.0 Å². The topological polar surface area (TPSA) is 54.3 Å². The summed E-state index contributed by atoms with van der Waals surface area (Å²) in [5.41, 5.74) is 5.41. The van der Waals surface area contributed by atoms with Crippen LogP contribution in [0.5, 0.6) is 0 Å². The van der Waals surface area contributed by atoms with Gasteiger partial charge in [-0.25, -0.2) is 0 Å². The molecule has 2 heterocycles. The van der Waals surface area contributed by atoms with Crippen molar-refractivity contribution in [3.05, 3.63) is 135 Å². The summed E-state index contributed by atoms with van der Waals surface area (Å²) < 4.78 is 3.08. The van der Waals surface area contributed by atoms with E-state index in [1.807, 2.05) is 91.0 Å². The van der Waals surface area contributed by atoms with Crippen LogP contribution in [0.15, 0.2) is 119 Å². The minimum atomic E-state index is -0.594. The number of benzene rings is 4. The molecule has 0 bridgehead atoms. The lowest BCUT2D eigenvalue weighted by molar-refractivity contribution is -0.122. The Hall–Kier alpha value is -4.01. The second-order valence-electron chi connectivity index (χ2n) is 9.43. The van der Waals surface area contributed by atoms with Crippen molar-refractivity contribution in [3.63, 3.8) is 0 Å². The second-order valence-corrected chi connectivity index (χ2v) is 11.6. The molecule has 5 aromatic rings. The lowest BCUT2D eigenvalue weighted by Gasteiger charge is -2.29. The van der Waals surface area contributed by atoms with Gasteiger partial charge in [0.05, 0.1) is 22.1 Å². The van der Waals surface area contributed by atoms with E-state index in [0.29, 0.717) is 16.3 Å². The van der Waals surface area contributed by atoms with E-state index in [4.69, 9.17) is 35.4 Å². The highest BCUT2D eigenvalue weighted by molar-refractivity contribution is 9.10. The Morgan fingerprint density at radius 1 is 0.786 bits per heavy atom. The van der Waals surface area contributed by atoms with Gasteiger partial charge in [-0.3, -0.25) is 19.8 Å². The molecule has 1 fully saturated rings. The zero-order valence-corrected chi connectivity index (χ0v) is 25.6. The van der Waals surface area contributed by atoms with Gasteiger partial charge in [0.1, 0.15) is 5.57 Å². The van der Waals surface area contributed by atoms with Crippen LogP contribution < -0.4 is 10.2 Å². The predicted octanol–water partition coefficient (Wildman–Crippen LogP) is 8.71. The molecule has 206 valence electrons. The fourth-order valence-corrected chi connectivity index (χ4v) is 5.94. The average molecular weight is 673 g/mol. The van der Waals surface area contributed by atoms with Crippen molar-refractivity contribution < 1.29 is 9.59 Å². The molecular weight excluding hydrogens is 653 g/mol. The number of rotatable bonds is 5. The summed E-state index contributed by atoms with van der Waals surface area (Å²) in [5, 5.41) is 3.22. The van der Waals surface area contributed by atoms with Crippen molar-refractivity contribution in [2.24, 2.45) is 0 Å². The number of anilines is 1. The van der Waals surface area contributed by atoms with Crippen molar-refractivity contribution in [3.8, 4) is 28.2 Å². The Balaban J connectivity index is 1.60. The van der Waals surface area contributed by atoms with Crippen molar-refractivity contribution in [2.45, 2.75) is 0 Å². The van der Waals surface area contributed by atoms with E-state index in [0.717, 1.165) is 32.7 Å². The molecule has 9 heteroatoms. The molecule has 42 heavy (non-hydrogen) atoms. The standard InChI is InChI=1S/C33H20BrCl2N3O2S/c34-23-11-14-25(15-12-23)38-29(20-7-3-1-4-8-20)18-22(30(38)21-9-5-2-6-10-21)17-26-31(40)37-33(42)39(32(26)41)28-16-13-24(35)19-27(28)36/h1-19H,(H,37,40,42)/b26-17-. The number of carbonyl (C=O) groups excluding carboxylic acids is 2. The molecule has 0 saturated carbocycles. The van der Waals surface area contributed by atoms with Crippen molar-refractivity contribution >= 4 is 80.0 Å². The van der Waals surface area contributed by atoms with Gasteiger partial charge in [-0.15, -0.1) is 0 Å². The Labute approximate surface area is 266 Å². The van der Waals surface area contributed by atoms with Crippen LogP contribution in [-0.4, -0.2) is 21.5 Å². The Bertz CT molecular complexity index is 1890. The number of halogens is 3. The van der Waals surface area contributed by atoms with Crippen molar-refractivity contribution in [1.29, 1.82) is 0 Å². The fraction of sp³-hybridized carbons (Fsp3) is 0. The van der Waals surface area contributed by atoms with Gasteiger partial charge in [0.25, 0.3) is 11.8 Å². The molecule has 1 saturated heterocycles. The summed E-state index contributed by atoms with van der Waals surface area (Å²) in [6.45, 7) is 0. The summed E-state index contributed by atoms with van der Waals surface area (Å²) in [6, 6.07) is 34.5. The first-order chi connectivity index (χ1) is 20.3. The third kappa shape index (κ3) is 5.32. The smallest absolute Gasteiger partial charge is 0.270 e. The van der Waals surface area contributed by atoms with Gasteiger partial charge in [0, 0.05) is 20.7 Å². The zero-order valence-electron chi connectivity index (χ0n) is 21.7. The van der Waals surface area contributed by atoms with E-state index in [-0.39, 0.29) is 15.7 Å². The Morgan fingerprint density at radius 2 is 1.43 bits per heavy atom. The number of carbonyl (C=O) groups is 2. The summed E-state index contributed by atoms with van der Waals surface area (Å²) in [7, 11) is 0. The van der Waals surface area contributed by atoms with Crippen LogP contribution in [0.4, 0.5) is 5.69 Å². The van der Waals surface area contributed by atoms with E-state index in [9.17, 15) is 9.59 Å². The molecule has 6 rings (SSSR count). The van der Waals surface area contributed by atoms with Crippen LogP contribution in [0.25, 0.3) is 34.3 Å². The maximum Gasteiger partial charge on any atom is 0.270 e. The Morgan fingerprint density at radius 3 is 2.07 bits per heavy atom. The molecule has 0 spiro atoms. The minimum Gasteiger partial charge on any atom is -0.309 e. The fourth-order valence-electron chi connectivity index (χ4n) is 4.91. The van der Waals surface area contributed by atoms with Gasteiger partial charge in [-0.2, -0.15) is 0 Å². The normalized spacial score (nSPS) is 14.4. The first kappa shape index (κ1) is 28.1. The van der Waals surface area contributed by atoms with E-state index in [1.54, 1.807) is 18.2 Å². The third-order valence-corrected chi connectivity index (χ3v) is 8.14. The highest BCUT2D eigenvalue weighted by Crippen LogP contribution is 2.38. The quantitative estimate of drug-likeness (QED) is 0.115. The summed E-state index contributed by atoms with van der Waals surface area (Å²) in [4.78, 5) is 28.4. The average Bonchev–Trinajstić information content (AvgIpc) is 3.37.